The van der Waals surface area contributed by atoms with Gasteiger partial charge in [0.1, 0.15) is 30.1 Å². The predicted octanol–water partition coefficient (Wildman–Crippen LogP) is -0.0575. The third-order valence-corrected chi connectivity index (χ3v) is 6.38. The van der Waals surface area contributed by atoms with Crippen molar-refractivity contribution in [2.24, 2.45) is 5.92 Å². The second kappa shape index (κ2) is 5.87. The van der Waals surface area contributed by atoms with Gasteiger partial charge in [-0.1, -0.05) is 0 Å². The van der Waals surface area contributed by atoms with Gasteiger partial charge in [0.25, 0.3) is 5.56 Å². The molecule has 3 aliphatic heterocycles. The summed E-state index contributed by atoms with van der Waals surface area (Å²) < 4.78 is 33.6. The molecule has 0 aromatic carbocycles. The maximum absolute atomic E-state index is 12.3. The molecule has 2 N–H and O–H groups in total. The minimum atomic E-state index is -3.70. The van der Waals surface area contributed by atoms with Crippen LogP contribution < -0.4 is 10.5 Å². The number of hydrogen-bond acceptors (Lipinski definition) is 9. The van der Waals surface area contributed by atoms with Gasteiger partial charge in [-0.2, -0.15) is 0 Å². The average molecular weight is 373 g/mol. The average Bonchev–Trinajstić information content (AvgIpc) is 2.58. The lowest BCUT2D eigenvalue weighted by Gasteiger charge is -2.51. The van der Waals surface area contributed by atoms with Crippen LogP contribution in [-0.4, -0.2) is 60.4 Å². The van der Waals surface area contributed by atoms with E-state index in [1.165, 1.54) is 7.11 Å². The lowest BCUT2D eigenvalue weighted by atomic mass is 9.82. The molecular formula is C14H20N3O7P. The van der Waals surface area contributed by atoms with Gasteiger partial charge in [-0.3, -0.25) is 18.4 Å². The van der Waals surface area contributed by atoms with E-state index in [1.54, 1.807) is 18.9 Å². The van der Waals surface area contributed by atoms with E-state index < -0.39 is 38.3 Å². The number of hydrogen-bond donors (Lipinski definition) is 2. The summed E-state index contributed by atoms with van der Waals surface area (Å²) in [5.41, 5.74) is 0.245. The highest BCUT2D eigenvalue weighted by Crippen LogP contribution is 2.55. The van der Waals surface area contributed by atoms with Crippen LogP contribution in [-0.2, 0) is 29.3 Å². The molecule has 1 aromatic heterocycles. The molecule has 25 heavy (non-hydrogen) atoms. The number of ether oxygens (including phenoxy) is 1. The Bertz CT molecular complexity index is 799. The van der Waals surface area contributed by atoms with Crippen molar-refractivity contribution in [2.45, 2.75) is 37.9 Å². The quantitative estimate of drug-likeness (QED) is 0.652. The van der Waals surface area contributed by atoms with Gasteiger partial charge in [0.15, 0.2) is 0 Å². The Balaban J connectivity index is 1.69. The summed E-state index contributed by atoms with van der Waals surface area (Å²) in [5, 5.41) is 10.8. The van der Waals surface area contributed by atoms with Crippen LogP contribution in [0.4, 0.5) is 5.82 Å². The molecule has 0 radical (unpaired) electrons. The third kappa shape index (κ3) is 2.64. The van der Waals surface area contributed by atoms with E-state index in [0.717, 1.165) is 0 Å². The molecule has 138 valence electrons. The maximum Gasteiger partial charge on any atom is 0.475 e. The normalized spacial score (nSPS) is 40.2. The summed E-state index contributed by atoms with van der Waals surface area (Å²) in [7, 11) is -0.716. The number of fused-ring (bicyclic) bond motifs is 3. The fraction of sp³-hybridized carbons (Fsp3) is 0.714. The zero-order valence-corrected chi connectivity index (χ0v) is 14.9. The number of aliphatic hydroxyl groups excluding tert-OH is 1. The van der Waals surface area contributed by atoms with Gasteiger partial charge in [0, 0.05) is 20.1 Å². The highest BCUT2D eigenvalue weighted by atomic mass is 31.2. The Morgan fingerprint density at radius 1 is 1.48 bits per heavy atom. The lowest BCUT2D eigenvalue weighted by molar-refractivity contribution is -0.220. The first-order chi connectivity index (χ1) is 11.8. The molecule has 11 heteroatoms. The van der Waals surface area contributed by atoms with Crippen LogP contribution >= 0.6 is 7.82 Å². The number of aliphatic hydroxyl groups is 1. The van der Waals surface area contributed by atoms with Crippen molar-refractivity contribution < 1.29 is 28.0 Å². The van der Waals surface area contributed by atoms with Crippen LogP contribution in [0.15, 0.2) is 4.79 Å². The van der Waals surface area contributed by atoms with Gasteiger partial charge in [0.2, 0.25) is 0 Å². The Labute approximate surface area is 143 Å². The third-order valence-electron chi connectivity index (χ3n) is 4.96. The van der Waals surface area contributed by atoms with E-state index in [0.29, 0.717) is 17.2 Å². The van der Waals surface area contributed by atoms with Crippen LogP contribution in [0.5, 0.6) is 0 Å². The van der Waals surface area contributed by atoms with E-state index >= 15 is 0 Å². The molecule has 0 saturated carbocycles. The number of aromatic amines is 1. The topological polar surface area (TPSA) is 123 Å². The molecule has 4 heterocycles. The smallest absolute Gasteiger partial charge is 0.390 e. The van der Waals surface area contributed by atoms with E-state index in [1.807, 2.05) is 0 Å². The van der Waals surface area contributed by atoms with Crippen LogP contribution in [0.2, 0.25) is 0 Å². The Kier molecular flexibility index (Phi) is 4.02. The molecule has 3 aliphatic rings. The first-order valence-electron chi connectivity index (χ1n) is 7.98. The van der Waals surface area contributed by atoms with Crippen molar-refractivity contribution in [3.05, 3.63) is 21.7 Å². The number of anilines is 1. The van der Waals surface area contributed by atoms with Crippen LogP contribution in [0.3, 0.4) is 0 Å². The molecule has 2 saturated heterocycles. The molecule has 0 aliphatic carbocycles. The number of aryl methyl sites for hydroxylation is 1. The molecule has 1 unspecified atom stereocenters. The molecule has 0 spiro atoms. The van der Waals surface area contributed by atoms with E-state index in [4.69, 9.17) is 18.3 Å². The van der Waals surface area contributed by atoms with Crippen LogP contribution in [0.1, 0.15) is 11.4 Å². The zero-order chi connectivity index (χ0) is 17.9. The van der Waals surface area contributed by atoms with E-state index in [-0.39, 0.29) is 18.6 Å². The number of rotatable bonds is 1. The minimum Gasteiger partial charge on any atom is -0.390 e. The van der Waals surface area contributed by atoms with Crippen molar-refractivity contribution in [1.29, 1.82) is 0 Å². The summed E-state index contributed by atoms with van der Waals surface area (Å²) in [6.45, 7) is 1.69. The van der Waals surface area contributed by atoms with Gasteiger partial charge in [0.05, 0.1) is 18.3 Å². The van der Waals surface area contributed by atoms with Crippen molar-refractivity contribution in [3.63, 3.8) is 0 Å². The summed E-state index contributed by atoms with van der Waals surface area (Å²) in [6, 6.07) is 0. The number of aromatic nitrogens is 2. The second-order valence-corrected chi connectivity index (χ2v) is 8.21. The first-order valence-corrected chi connectivity index (χ1v) is 9.44. The van der Waals surface area contributed by atoms with Gasteiger partial charge in [-0.15, -0.1) is 0 Å². The first kappa shape index (κ1) is 17.1. The van der Waals surface area contributed by atoms with Gasteiger partial charge >= 0.3 is 7.82 Å². The van der Waals surface area contributed by atoms with Gasteiger partial charge < -0.3 is 19.7 Å². The monoisotopic (exact) mass is 373 g/mol. The molecular weight excluding hydrogens is 353 g/mol. The number of nitrogens with zero attached hydrogens (tertiary/aromatic N) is 2. The highest BCUT2D eigenvalue weighted by molar-refractivity contribution is 7.48. The Morgan fingerprint density at radius 3 is 2.96 bits per heavy atom. The SMILES string of the molecule is COP1(=O)OC[C@H]2O[C@@H]3[C@@H](Cc4c(nc(C)[nH]c4=O)N3C)[C@H](O)[C@H]2O1. The fourth-order valence-corrected chi connectivity index (χ4v) is 4.86. The summed E-state index contributed by atoms with van der Waals surface area (Å²) >= 11 is 0. The number of phosphoric ester groups is 1. The van der Waals surface area contributed by atoms with Crippen molar-refractivity contribution >= 4 is 13.6 Å². The predicted molar refractivity (Wildman–Crippen MR) is 85.3 cm³/mol. The van der Waals surface area contributed by atoms with Crippen LogP contribution in [0.25, 0.3) is 0 Å². The summed E-state index contributed by atoms with van der Waals surface area (Å²) in [5.74, 6) is 0.606. The number of phosphoric acid groups is 1. The summed E-state index contributed by atoms with van der Waals surface area (Å²) in [4.78, 5) is 21.1. The fourth-order valence-electron chi connectivity index (χ4n) is 3.72. The number of nitrogens with one attached hydrogen (secondary N) is 1. The Morgan fingerprint density at radius 2 is 2.24 bits per heavy atom. The standard InChI is InChI=1S/C14H20N3O7P/c1-6-15-12-8(13(19)16-6)4-7-10(18)11-9(23-14(7)17(12)2)5-22-25(20,21-3)24-11/h7,9-11,14,18H,4-5H2,1-3H3,(H,15,16,19)/t7-,9+,10-,11-,14+,25?/m0/s1. The van der Waals surface area contributed by atoms with Crippen molar-refractivity contribution in [2.75, 3.05) is 25.7 Å². The Hall–Kier alpha value is -1.29. The highest BCUT2D eigenvalue weighted by Gasteiger charge is 2.55. The zero-order valence-electron chi connectivity index (χ0n) is 14.0. The maximum atomic E-state index is 12.3. The molecule has 6 atom stereocenters. The van der Waals surface area contributed by atoms with E-state index in [9.17, 15) is 14.5 Å². The lowest BCUT2D eigenvalue weighted by Crippen LogP contribution is -2.64. The molecule has 0 amide bonds. The number of H-pyrrole nitrogens is 1. The minimum absolute atomic E-state index is 0.0153. The van der Waals surface area contributed by atoms with Crippen molar-refractivity contribution in [3.8, 4) is 0 Å². The largest absolute Gasteiger partial charge is 0.475 e. The van der Waals surface area contributed by atoms with Crippen LogP contribution in [0, 0.1) is 12.8 Å². The van der Waals surface area contributed by atoms with E-state index in [2.05, 4.69) is 9.97 Å². The molecule has 4 rings (SSSR count). The van der Waals surface area contributed by atoms with Gasteiger partial charge in [-0.25, -0.2) is 9.55 Å². The molecule has 10 nitrogen and oxygen atoms in total. The second-order valence-electron chi connectivity index (χ2n) is 6.48. The van der Waals surface area contributed by atoms with Crippen molar-refractivity contribution in [1.82, 2.24) is 9.97 Å². The van der Waals surface area contributed by atoms with Gasteiger partial charge in [-0.05, 0) is 13.3 Å². The summed E-state index contributed by atoms with van der Waals surface area (Å²) in [6.07, 6.45) is -2.66. The molecule has 1 aromatic rings. The molecule has 0 bridgehead atoms. The molecule has 2 fully saturated rings.